The standard InChI is InChI=1S/C10H18N4O2S/c15-17(16,10-7-12-13-8-10)14-6-3-9-1-4-11-5-2-9/h7-9,11,14H,1-6H2,(H,12,13). The summed E-state index contributed by atoms with van der Waals surface area (Å²) >= 11 is 0. The zero-order valence-electron chi connectivity index (χ0n) is 9.65. The van der Waals surface area contributed by atoms with E-state index in [0.717, 1.165) is 32.4 Å². The molecule has 1 aliphatic heterocycles. The number of sulfonamides is 1. The number of hydrogen-bond donors (Lipinski definition) is 3. The van der Waals surface area contributed by atoms with E-state index in [-0.39, 0.29) is 4.90 Å². The molecule has 96 valence electrons. The number of piperidine rings is 1. The second-order valence-electron chi connectivity index (χ2n) is 4.31. The van der Waals surface area contributed by atoms with Crippen LogP contribution < -0.4 is 10.0 Å². The maximum absolute atomic E-state index is 11.8. The van der Waals surface area contributed by atoms with Crippen molar-refractivity contribution in [2.45, 2.75) is 24.2 Å². The molecule has 1 saturated heterocycles. The minimum Gasteiger partial charge on any atom is -0.317 e. The maximum Gasteiger partial charge on any atom is 0.243 e. The van der Waals surface area contributed by atoms with Gasteiger partial charge in [0.15, 0.2) is 0 Å². The number of aromatic nitrogens is 2. The van der Waals surface area contributed by atoms with E-state index in [2.05, 4.69) is 20.2 Å². The Morgan fingerprint density at radius 3 is 2.82 bits per heavy atom. The molecule has 0 bridgehead atoms. The van der Waals surface area contributed by atoms with Gasteiger partial charge in [0.2, 0.25) is 10.0 Å². The minimum absolute atomic E-state index is 0.197. The molecule has 0 aliphatic carbocycles. The summed E-state index contributed by atoms with van der Waals surface area (Å²) in [5, 5.41) is 9.42. The van der Waals surface area contributed by atoms with Crippen molar-refractivity contribution in [2.24, 2.45) is 5.92 Å². The lowest BCUT2D eigenvalue weighted by atomic mass is 9.95. The summed E-state index contributed by atoms with van der Waals surface area (Å²) in [5.74, 6) is 0.628. The first kappa shape index (κ1) is 12.5. The molecule has 1 aromatic rings. The van der Waals surface area contributed by atoms with Crippen molar-refractivity contribution in [1.29, 1.82) is 0 Å². The number of H-pyrrole nitrogens is 1. The van der Waals surface area contributed by atoms with E-state index in [1.54, 1.807) is 0 Å². The maximum atomic E-state index is 11.8. The molecule has 0 atom stereocenters. The van der Waals surface area contributed by atoms with E-state index in [1.807, 2.05) is 0 Å². The van der Waals surface area contributed by atoms with Gasteiger partial charge in [0.05, 0.1) is 6.20 Å². The van der Waals surface area contributed by atoms with Gasteiger partial charge in [-0.2, -0.15) is 5.10 Å². The van der Waals surface area contributed by atoms with E-state index in [0.29, 0.717) is 12.5 Å². The molecule has 2 heterocycles. The van der Waals surface area contributed by atoms with Gasteiger partial charge in [-0.3, -0.25) is 5.10 Å². The smallest absolute Gasteiger partial charge is 0.243 e. The predicted octanol–water partition coefficient (Wildman–Crippen LogP) is 0.0777. The lowest BCUT2D eigenvalue weighted by molar-refractivity contribution is 0.354. The third-order valence-corrected chi connectivity index (χ3v) is 4.51. The summed E-state index contributed by atoms with van der Waals surface area (Å²) in [6, 6.07) is 0. The third-order valence-electron chi connectivity index (χ3n) is 3.09. The van der Waals surface area contributed by atoms with Crippen LogP contribution in [0.1, 0.15) is 19.3 Å². The Bertz CT molecular complexity index is 423. The molecule has 0 radical (unpaired) electrons. The van der Waals surface area contributed by atoms with Crippen molar-refractivity contribution in [2.75, 3.05) is 19.6 Å². The number of hydrogen-bond acceptors (Lipinski definition) is 4. The average molecular weight is 258 g/mol. The lowest BCUT2D eigenvalue weighted by Gasteiger charge is -2.22. The molecule has 1 fully saturated rings. The highest BCUT2D eigenvalue weighted by Crippen LogP contribution is 2.15. The Kier molecular flexibility index (Phi) is 4.14. The van der Waals surface area contributed by atoms with Gasteiger partial charge in [-0.05, 0) is 38.3 Å². The number of nitrogens with one attached hydrogen (secondary N) is 3. The quantitative estimate of drug-likeness (QED) is 0.698. The highest BCUT2D eigenvalue weighted by molar-refractivity contribution is 7.89. The largest absolute Gasteiger partial charge is 0.317 e. The van der Waals surface area contributed by atoms with Crippen LogP contribution >= 0.6 is 0 Å². The molecule has 1 aromatic heterocycles. The molecule has 17 heavy (non-hydrogen) atoms. The molecule has 0 amide bonds. The Morgan fingerprint density at radius 2 is 2.18 bits per heavy atom. The van der Waals surface area contributed by atoms with Gasteiger partial charge in [-0.25, -0.2) is 13.1 Å². The molecule has 3 N–H and O–H groups in total. The van der Waals surface area contributed by atoms with E-state index in [1.165, 1.54) is 12.4 Å². The molecular weight excluding hydrogens is 240 g/mol. The van der Waals surface area contributed by atoms with Crippen molar-refractivity contribution in [3.63, 3.8) is 0 Å². The second-order valence-corrected chi connectivity index (χ2v) is 6.08. The van der Waals surface area contributed by atoms with E-state index in [4.69, 9.17) is 0 Å². The SMILES string of the molecule is O=S(=O)(NCCC1CCNCC1)c1cn[nH]c1. The van der Waals surface area contributed by atoms with Crippen molar-refractivity contribution in [3.05, 3.63) is 12.4 Å². The molecule has 0 spiro atoms. The molecule has 0 saturated carbocycles. The summed E-state index contributed by atoms with van der Waals surface area (Å²) < 4.78 is 26.1. The average Bonchev–Trinajstić information content (AvgIpc) is 2.84. The van der Waals surface area contributed by atoms with Crippen LogP contribution in [-0.2, 0) is 10.0 Å². The molecule has 6 nitrogen and oxygen atoms in total. The Balaban J connectivity index is 1.78. The molecule has 1 aliphatic rings. The Hall–Kier alpha value is -0.920. The van der Waals surface area contributed by atoms with Gasteiger partial charge < -0.3 is 5.32 Å². The van der Waals surface area contributed by atoms with Crippen LogP contribution in [0, 0.1) is 5.92 Å². The fraction of sp³-hybridized carbons (Fsp3) is 0.700. The summed E-state index contributed by atoms with van der Waals surface area (Å²) in [5.41, 5.74) is 0. The first-order chi connectivity index (χ1) is 8.18. The van der Waals surface area contributed by atoms with Gasteiger partial charge in [0, 0.05) is 12.7 Å². The van der Waals surface area contributed by atoms with Crippen LogP contribution in [0.2, 0.25) is 0 Å². The molecule has 0 unspecified atom stereocenters. The monoisotopic (exact) mass is 258 g/mol. The first-order valence-corrected chi connectivity index (χ1v) is 7.36. The molecular formula is C10H18N4O2S. The van der Waals surface area contributed by atoms with Crippen LogP contribution in [0.3, 0.4) is 0 Å². The predicted molar refractivity (Wildman–Crippen MR) is 64.0 cm³/mol. The van der Waals surface area contributed by atoms with E-state index in [9.17, 15) is 8.42 Å². The molecule has 7 heteroatoms. The fourth-order valence-electron chi connectivity index (χ4n) is 2.04. The van der Waals surface area contributed by atoms with Gasteiger partial charge in [-0.15, -0.1) is 0 Å². The number of nitrogens with zero attached hydrogens (tertiary/aromatic N) is 1. The Morgan fingerprint density at radius 1 is 1.41 bits per heavy atom. The number of aromatic amines is 1. The lowest BCUT2D eigenvalue weighted by Crippen LogP contribution is -2.31. The topological polar surface area (TPSA) is 86.9 Å². The van der Waals surface area contributed by atoms with Crippen LogP contribution in [0.5, 0.6) is 0 Å². The van der Waals surface area contributed by atoms with Crippen molar-refractivity contribution in [3.8, 4) is 0 Å². The minimum atomic E-state index is -3.38. The Labute approximate surface area is 101 Å². The summed E-state index contributed by atoms with van der Waals surface area (Å²) in [6.07, 6.45) is 5.86. The summed E-state index contributed by atoms with van der Waals surface area (Å²) in [4.78, 5) is 0.197. The normalized spacial score (nSPS) is 18.4. The summed E-state index contributed by atoms with van der Waals surface area (Å²) in [6.45, 7) is 2.58. The van der Waals surface area contributed by atoms with Crippen molar-refractivity contribution < 1.29 is 8.42 Å². The van der Waals surface area contributed by atoms with Gasteiger partial charge in [-0.1, -0.05) is 0 Å². The van der Waals surface area contributed by atoms with E-state index < -0.39 is 10.0 Å². The van der Waals surface area contributed by atoms with Gasteiger partial charge >= 0.3 is 0 Å². The van der Waals surface area contributed by atoms with E-state index >= 15 is 0 Å². The second kappa shape index (κ2) is 5.61. The van der Waals surface area contributed by atoms with Gasteiger partial charge in [0.25, 0.3) is 0 Å². The van der Waals surface area contributed by atoms with Crippen LogP contribution in [0.4, 0.5) is 0 Å². The van der Waals surface area contributed by atoms with Crippen molar-refractivity contribution >= 4 is 10.0 Å². The van der Waals surface area contributed by atoms with Crippen LogP contribution in [0.25, 0.3) is 0 Å². The zero-order chi connectivity index (χ0) is 12.1. The first-order valence-electron chi connectivity index (χ1n) is 5.87. The highest BCUT2D eigenvalue weighted by atomic mass is 32.2. The van der Waals surface area contributed by atoms with Crippen LogP contribution in [0.15, 0.2) is 17.3 Å². The third kappa shape index (κ3) is 3.52. The zero-order valence-corrected chi connectivity index (χ0v) is 10.5. The van der Waals surface area contributed by atoms with Crippen molar-refractivity contribution in [1.82, 2.24) is 20.2 Å². The molecule has 2 rings (SSSR count). The summed E-state index contributed by atoms with van der Waals surface area (Å²) in [7, 11) is -3.38. The molecule has 0 aromatic carbocycles. The van der Waals surface area contributed by atoms with Crippen LogP contribution in [-0.4, -0.2) is 38.2 Å². The number of rotatable bonds is 5. The highest BCUT2D eigenvalue weighted by Gasteiger charge is 2.17. The van der Waals surface area contributed by atoms with Gasteiger partial charge in [0.1, 0.15) is 4.90 Å². The fourth-order valence-corrected chi connectivity index (χ4v) is 2.99.